The molecule has 2 nitrogen and oxygen atoms in total. The molecule has 0 atom stereocenters. The molecule has 0 radical (unpaired) electrons. The van der Waals surface area contributed by atoms with Crippen LogP contribution >= 0.6 is 0 Å². The Morgan fingerprint density at radius 2 is 1.16 bits per heavy atom. The van der Waals surface area contributed by atoms with Crippen LogP contribution in [-0.4, -0.2) is 4.98 Å². The summed E-state index contributed by atoms with van der Waals surface area (Å²) in [6.07, 6.45) is 0. The lowest BCUT2D eigenvalue weighted by molar-refractivity contribution is 1.35. The molecule has 0 aliphatic rings. The van der Waals surface area contributed by atoms with Crippen molar-refractivity contribution in [2.24, 2.45) is 0 Å². The highest BCUT2D eigenvalue weighted by Gasteiger charge is 2.15. The molecular formula is C23H20N2. The van der Waals surface area contributed by atoms with Gasteiger partial charge in [-0.3, -0.25) is 0 Å². The first-order valence-electron chi connectivity index (χ1n) is 8.46. The van der Waals surface area contributed by atoms with Crippen molar-refractivity contribution in [2.75, 3.05) is 5.73 Å². The first-order chi connectivity index (χ1) is 12.1. The van der Waals surface area contributed by atoms with Crippen molar-refractivity contribution >= 4 is 16.6 Å². The van der Waals surface area contributed by atoms with Crippen molar-refractivity contribution in [1.82, 2.24) is 4.98 Å². The molecule has 0 saturated heterocycles. The van der Waals surface area contributed by atoms with Crippen molar-refractivity contribution in [2.45, 2.75) is 13.8 Å². The van der Waals surface area contributed by atoms with Crippen LogP contribution in [-0.2, 0) is 0 Å². The minimum Gasteiger partial charge on any atom is -0.383 e. The van der Waals surface area contributed by atoms with E-state index in [1.807, 2.05) is 12.1 Å². The molecule has 0 unspecified atom stereocenters. The second-order valence-electron chi connectivity index (χ2n) is 6.50. The summed E-state index contributed by atoms with van der Waals surface area (Å²) >= 11 is 0. The third-order valence-corrected chi connectivity index (χ3v) is 4.61. The Bertz CT molecular complexity index is 1050. The molecule has 4 aromatic rings. The van der Waals surface area contributed by atoms with Crippen LogP contribution in [0.2, 0.25) is 0 Å². The molecule has 2 heteroatoms. The molecule has 0 bridgehead atoms. The van der Waals surface area contributed by atoms with Gasteiger partial charge in [0, 0.05) is 16.5 Å². The number of nitrogens with two attached hydrogens (primary N) is 1. The molecule has 0 spiro atoms. The van der Waals surface area contributed by atoms with Crippen molar-refractivity contribution in [3.05, 3.63) is 83.9 Å². The van der Waals surface area contributed by atoms with E-state index in [1.54, 1.807) is 0 Å². The molecule has 25 heavy (non-hydrogen) atoms. The Balaban J connectivity index is 2.09. The van der Waals surface area contributed by atoms with E-state index in [0.717, 1.165) is 33.2 Å². The van der Waals surface area contributed by atoms with Gasteiger partial charge in [-0.1, -0.05) is 83.9 Å². The van der Waals surface area contributed by atoms with Crippen molar-refractivity contribution in [3.63, 3.8) is 0 Å². The number of hydrogen-bond donors (Lipinski definition) is 1. The Morgan fingerprint density at radius 1 is 0.640 bits per heavy atom. The summed E-state index contributed by atoms with van der Waals surface area (Å²) < 4.78 is 0. The van der Waals surface area contributed by atoms with Crippen molar-refractivity contribution in [3.8, 4) is 22.4 Å². The van der Waals surface area contributed by atoms with Crippen LogP contribution in [0.3, 0.4) is 0 Å². The van der Waals surface area contributed by atoms with Gasteiger partial charge in [-0.2, -0.15) is 0 Å². The Morgan fingerprint density at radius 3 is 1.76 bits per heavy atom. The van der Waals surface area contributed by atoms with E-state index in [1.165, 1.54) is 11.1 Å². The van der Waals surface area contributed by atoms with Crippen LogP contribution in [0.4, 0.5) is 5.82 Å². The number of aryl methyl sites for hydroxylation is 2. The first-order valence-corrected chi connectivity index (χ1v) is 8.46. The minimum absolute atomic E-state index is 0.571. The van der Waals surface area contributed by atoms with E-state index in [9.17, 15) is 0 Å². The quantitative estimate of drug-likeness (QED) is 0.508. The lowest BCUT2D eigenvalue weighted by Crippen LogP contribution is -1.98. The van der Waals surface area contributed by atoms with Gasteiger partial charge in [0.25, 0.3) is 0 Å². The smallest absolute Gasteiger partial charge is 0.132 e. The van der Waals surface area contributed by atoms with E-state index < -0.39 is 0 Å². The third kappa shape index (κ3) is 2.76. The highest BCUT2D eigenvalue weighted by molar-refractivity contribution is 6.06. The topological polar surface area (TPSA) is 38.9 Å². The molecule has 1 aromatic heterocycles. The van der Waals surface area contributed by atoms with Crippen LogP contribution in [0.1, 0.15) is 11.1 Å². The summed E-state index contributed by atoms with van der Waals surface area (Å²) in [5.41, 5.74) is 13.1. The van der Waals surface area contributed by atoms with Gasteiger partial charge in [0.05, 0.1) is 5.69 Å². The normalized spacial score (nSPS) is 11.0. The van der Waals surface area contributed by atoms with Gasteiger partial charge in [0.1, 0.15) is 5.82 Å². The third-order valence-electron chi connectivity index (χ3n) is 4.61. The summed E-state index contributed by atoms with van der Waals surface area (Å²) in [5, 5.41) is 2.13. The van der Waals surface area contributed by atoms with Gasteiger partial charge in [-0.05, 0) is 24.8 Å². The Hall–Kier alpha value is -3.13. The first kappa shape index (κ1) is 15.4. The Labute approximate surface area is 148 Å². The number of nitrogen functional groups attached to an aromatic ring is 1. The molecule has 0 aliphatic carbocycles. The maximum atomic E-state index is 6.28. The molecule has 0 saturated carbocycles. The summed E-state index contributed by atoms with van der Waals surface area (Å²) in [7, 11) is 0. The largest absolute Gasteiger partial charge is 0.383 e. The summed E-state index contributed by atoms with van der Waals surface area (Å²) in [6.45, 7) is 4.19. The fourth-order valence-corrected chi connectivity index (χ4v) is 3.22. The van der Waals surface area contributed by atoms with Gasteiger partial charge >= 0.3 is 0 Å². The highest BCUT2D eigenvalue weighted by atomic mass is 14.8. The molecule has 0 amide bonds. The molecule has 122 valence electrons. The zero-order chi connectivity index (χ0) is 17.4. The van der Waals surface area contributed by atoms with Gasteiger partial charge in [-0.25, -0.2) is 4.98 Å². The minimum atomic E-state index is 0.571. The zero-order valence-corrected chi connectivity index (χ0v) is 14.5. The number of aromatic nitrogens is 1. The lowest BCUT2D eigenvalue weighted by atomic mass is 9.93. The predicted molar refractivity (Wildman–Crippen MR) is 107 cm³/mol. The number of hydrogen-bond acceptors (Lipinski definition) is 2. The monoisotopic (exact) mass is 324 g/mol. The van der Waals surface area contributed by atoms with Crippen LogP contribution in [0, 0.1) is 13.8 Å². The number of anilines is 1. The average molecular weight is 324 g/mol. The summed E-state index contributed by atoms with van der Waals surface area (Å²) in [4.78, 5) is 4.78. The van der Waals surface area contributed by atoms with Crippen LogP contribution < -0.4 is 5.73 Å². The zero-order valence-electron chi connectivity index (χ0n) is 14.5. The van der Waals surface area contributed by atoms with Crippen molar-refractivity contribution < 1.29 is 0 Å². The Kier molecular flexibility index (Phi) is 3.73. The van der Waals surface area contributed by atoms with Gasteiger partial charge in [0.2, 0.25) is 0 Å². The maximum absolute atomic E-state index is 6.28. The van der Waals surface area contributed by atoms with Crippen LogP contribution in [0.25, 0.3) is 33.2 Å². The summed E-state index contributed by atoms with van der Waals surface area (Å²) in [6, 6.07) is 25.3. The fraction of sp³-hybridized carbons (Fsp3) is 0.0870. The van der Waals surface area contributed by atoms with E-state index in [2.05, 4.69) is 74.5 Å². The second kappa shape index (κ2) is 6.06. The predicted octanol–water partition coefficient (Wildman–Crippen LogP) is 5.77. The van der Waals surface area contributed by atoms with E-state index in [0.29, 0.717) is 5.82 Å². The number of pyridine rings is 1. The van der Waals surface area contributed by atoms with Crippen molar-refractivity contribution in [1.29, 1.82) is 0 Å². The van der Waals surface area contributed by atoms with Gasteiger partial charge in [0.15, 0.2) is 0 Å². The fourth-order valence-electron chi connectivity index (χ4n) is 3.22. The SMILES string of the molecule is Cc1ccc(-c2nc(N)c3ccccc3c2-c2ccc(C)cc2)cc1. The molecular weight excluding hydrogens is 304 g/mol. The van der Waals surface area contributed by atoms with Crippen LogP contribution in [0.15, 0.2) is 72.8 Å². The molecule has 2 N–H and O–H groups in total. The van der Waals surface area contributed by atoms with E-state index >= 15 is 0 Å². The molecule has 0 fully saturated rings. The second-order valence-corrected chi connectivity index (χ2v) is 6.50. The highest BCUT2D eigenvalue weighted by Crippen LogP contribution is 2.38. The lowest BCUT2D eigenvalue weighted by Gasteiger charge is -2.15. The van der Waals surface area contributed by atoms with E-state index in [-0.39, 0.29) is 0 Å². The maximum Gasteiger partial charge on any atom is 0.132 e. The molecule has 4 rings (SSSR count). The van der Waals surface area contributed by atoms with Crippen LogP contribution in [0.5, 0.6) is 0 Å². The number of fused-ring (bicyclic) bond motifs is 1. The van der Waals surface area contributed by atoms with Gasteiger partial charge < -0.3 is 5.73 Å². The average Bonchev–Trinajstić information content (AvgIpc) is 2.63. The summed E-state index contributed by atoms with van der Waals surface area (Å²) in [5.74, 6) is 0.571. The van der Waals surface area contributed by atoms with E-state index in [4.69, 9.17) is 10.7 Å². The number of rotatable bonds is 2. The standard InChI is InChI=1S/C23H20N2/c1-15-7-11-17(12-8-15)21-19-5-3-4-6-20(19)23(24)25-22(21)18-13-9-16(2)10-14-18/h3-14H,1-2H3,(H2,24,25). The molecule has 0 aliphatic heterocycles. The van der Waals surface area contributed by atoms with Gasteiger partial charge in [-0.15, -0.1) is 0 Å². The number of benzene rings is 3. The molecule has 3 aromatic carbocycles. The molecule has 1 heterocycles. The number of nitrogens with zero attached hydrogens (tertiary/aromatic N) is 1.